The van der Waals surface area contributed by atoms with Crippen LogP contribution in [-0.4, -0.2) is 30.0 Å². The summed E-state index contributed by atoms with van der Waals surface area (Å²) in [6, 6.07) is 4.52. The molecule has 0 radical (unpaired) electrons. The summed E-state index contributed by atoms with van der Waals surface area (Å²) in [5.41, 5.74) is 0.972. The number of aromatic nitrogens is 1. The second kappa shape index (κ2) is 7.11. The molecule has 1 fully saturated rings. The molecule has 1 N–H and O–H groups in total. The van der Waals surface area contributed by atoms with Gasteiger partial charge in [-0.05, 0) is 32.0 Å². The fraction of sp³-hybridized carbons (Fsp3) is 0.667. The van der Waals surface area contributed by atoms with Gasteiger partial charge < -0.3 is 5.32 Å². The quantitative estimate of drug-likeness (QED) is 0.848. The van der Waals surface area contributed by atoms with E-state index in [0.717, 1.165) is 23.1 Å². The van der Waals surface area contributed by atoms with Crippen LogP contribution in [-0.2, 0) is 6.54 Å². The monoisotopic (exact) mass is 281 g/mol. The number of hydrogen-bond donors (Lipinski definition) is 1. The third-order valence-electron chi connectivity index (χ3n) is 4.02. The fourth-order valence-electron chi connectivity index (χ4n) is 2.80. The first-order valence-electron chi connectivity index (χ1n) is 7.24. The van der Waals surface area contributed by atoms with Crippen LogP contribution in [0.15, 0.2) is 12.1 Å². The van der Waals surface area contributed by atoms with Gasteiger partial charge in [-0.2, -0.15) is 0 Å². The number of hydrogen-bond acceptors (Lipinski definition) is 3. The Labute approximate surface area is 121 Å². The molecule has 1 saturated carbocycles. The van der Waals surface area contributed by atoms with Crippen LogP contribution in [0.3, 0.4) is 0 Å². The summed E-state index contributed by atoms with van der Waals surface area (Å²) in [6.07, 6.45) is 8.09. The zero-order valence-electron chi connectivity index (χ0n) is 12.0. The minimum absolute atomic E-state index is 0.679. The highest BCUT2D eigenvalue weighted by Gasteiger charge is 2.18. The molecular formula is C15H24ClN3. The molecule has 1 aliphatic rings. The Kier molecular flexibility index (Phi) is 5.46. The Bertz CT molecular complexity index is 400. The number of nitrogens with one attached hydrogen (secondary N) is 1. The lowest BCUT2D eigenvalue weighted by Gasteiger charge is -2.27. The first-order valence-corrected chi connectivity index (χ1v) is 7.62. The van der Waals surface area contributed by atoms with Crippen molar-refractivity contribution in [2.75, 3.05) is 19.4 Å². The molecule has 1 heterocycles. The van der Waals surface area contributed by atoms with Crippen molar-refractivity contribution >= 4 is 17.4 Å². The third kappa shape index (κ3) is 4.08. The molecule has 0 bridgehead atoms. The van der Waals surface area contributed by atoms with E-state index in [9.17, 15) is 0 Å². The van der Waals surface area contributed by atoms with Crippen molar-refractivity contribution in [3.63, 3.8) is 0 Å². The molecule has 0 spiro atoms. The fourth-order valence-corrected chi connectivity index (χ4v) is 2.96. The minimum Gasteiger partial charge on any atom is -0.373 e. The summed E-state index contributed by atoms with van der Waals surface area (Å²) >= 11 is 6.25. The first-order chi connectivity index (χ1) is 9.20. The van der Waals surface area contributed by atoms with Crippen molar-refractivity contribution in [2.24, 2.45) is 0 Å². The van der Waals surface area contributed by atoms with E-state index in [0.29, 0.717) is 6.04 Å². The standard InChI is InChI=1S/C15H24ClN3/c1-17-15-10-9-13(16)14(18-15)11-19(2)12-7-5-3-4-6-8-12/h9-10,12H,3-8,11H2,1-2H3,(H,17,18). The van der Waals surface area contributed by atoms with Crippen LogP contribution >= 0.6 is 11.6 Å². The predicted molar refractivity (Wildman–Crippen MR) is 81.8 cm³/mol. The summed E-state index contributed by atoms with van der Waals surface area (Å²) < 4.78 is 0. The van der Waals surface area contributed by atoms with Gasteiger partial charge in [-0.1, -0.05) is 37.3 Å². The van der Waals surface area contributed by atoms with Gasteiger partial charge in [-0.3, -0.25) is 4.90 Å². The average molecular weight is 282 g/mol. The third-order valence-corrected chi connectivity index (χ3v) is 4.37. The molecule has 0 unspecified atom stereocenters. The van der Waals surface area contributed by atoms with E-state index in [4.69, 9.17) is 11.6 Å². The van der Waals surface area contributed by atoms with E-state index in [1.54, 1.807) is 0 Å². The van der Waals surface area contributed by atoms with Crippen LogP contribution in [0.25, 0.3) is 0 Å². The lowest BCUT2D eigenvalue weighted by atomic mass is 10.1. The van der Waals surface area contributed by atoms with Crippen LogP contribution < -0.4 is 5.32 Å². The maximum absolute atomic E-state index is 6.25. The van der Waals surface area contributed by atoms with E-state index in [1.807, 2.05) is 19.2 Å². The topological polar surface area (TPSA) is 28.2 Å². The molecule has 1 aromatic rings. The normalized spacial score (nSPS) is 17.5. The maximum Gasteiger partial charge on any atom is 0.126 e. The molecule has 0 atom stereocenters. The largest absolute Gasteiger partial charge is 0.373 e. The van der Waals surface area contributed by atoms with E-state index < -0.39 is 0 Å². The van der Waals surface area contributed by atoms with Crippen molar-refractivity contribution in [1.82, 2.24) is 9.88 Å². The van der Waals surface area contributed by atoms with Crippen LogP contribution in [0, 0.1) is 0 Å². The highest BCUT2D eigenvalue weighted by atomic mass is 35.5. The van der Waals surface area contributed by atoms with E-state index in [1.165, 1.54) is 38.5 Å². The molecule has 0 aliphatic heterocycles. The molecule has 19 heavy (non-hydrogen) atoms. The van der Waals surface area contributed by atoms with Gasteiger partial charge in [0.2, 0.25) is 0 Å². The van der Waals surface area contributed by atoms with Gasteiger partial charge in [-0.25, -0.2) is 4.98 Å². The van der Waals surface area contributed by atoms with E-state index in [2.05, 4.69) is 22.2 Å². The van der Waals surface area contributed by atoms with Gasteiger partial charge in [0, 0.05) is 19.6 Å². The Morgan fingerprint density at radius 2 is 1.95 bits per heavy atom. The summed E-state index contributed by atoms with van der Waals surface area (Å²) in [4.78, 5) is 6.98. The zero-order valence-corrected chi connectivity index (χ0v) is 12.7. The second-order valence-corrected chi connectivity index (χ2v) is 5.84. The molecule has 0 amide bonds. The van der Waals surface area contributed by atoms with Crippen LogP contribution in [0.5, 0.6) is 0 Å². The van der Waals surface area contributed by atoms with Gasteiger partial charge in [0.1, 0.15) is 5.82 Å². The number of rotatable bonds is 4. The average Bonchev–Trinajstić information content (AvgIpc) is 2.70. The lowest BCUT2D eigenvalue weighted by Crippen LogP contribution is -2.31. The zero-order chi connectivity index (χ0) is 13.7. The van der Waals surface area contributed by atoms with Gasteiger partial charge in [-0.15, -0.1) is 0 Å². The predicted octanol–water partition coefficient (Wildman–Crippen LogP) is 3.93. The lowest BCUT2D eigenvalue weighted by molar-refractivity contribution is 0.211. The second-order valence-electron chi connectivity index (χ2n) is 5.44. The van der Waals surface area contributed by atoms with Crippen LogP contribution in [0.4, 0.5) is 5.82 Å². The highest BCUT2D eigenvalue weighted by Crippen LogP contribution is 2.24. The minimum atomic E-state index is 0.679. The SMILES string of the molecule is CNc1ccc(Cl)c(CN(C)C2CCCCCC2)n1. The van der Waals surface area contributed by atoms with Crippen molar-refractivity contribution in [3.8, 4) is 0 Å². The Balaban J connectivity index is 2.02. The Hall–Kier alpha value is -0.800. The molecule has 4 heteroatoms. The van der Waals surface area contributed by atoms with Gasteiger partial charge in [0.15, 0.2) is 0 Å². The van der Waals surface area contributed by atoms with E-state index >= 15 is 0 Å². The highest BCUT2D eigenvalue weighted by molar-refractivity contribution is 6.31. The van der Waals surface area contributed by atoms with E-state index in [-0.39, 0.29) is 0 Å². The van der Waals surface area contributed by atoms with Crippen molar-refractivity contribution in [2.45, 2.75) is 51.1 Å². The molecular weight excluding hydrogens is 258 g/mol. The number of nitrogens with zero attached hydrogens (tertiary/aromatic N) is 2. The van der Waals surface area contributed by atoms with Crippen molar-refractivity contribution in [1.29, 1.82) is 0 Å². The van der Waals surface area contributed by atoms with Crippen LogP contribution in [0.2, 0.25) is 5.02 Å². The smallest absolute Gasteiger partial charge is 0.126 e. The van der Waals surface area contributed by atoms with Crippen molar-refractivity contribution < 1.29 is 0 Å². The summed E-state index contributed by atoms with van der Waals surface area (Å²) in [6.45, 7) is 0.832. The molecule has 1 aliphatic carbocycles. The molecule has 3 nitrogen and oxygen atoms in total. The first kappa shape index (κ1) is 14.6. The molecule has 0 aromatic carbocycles. The summed E-state index contributed by atoms with van der Waals surface area (Å²) in [5.74, 6) is 0.883. The number of halogens is 1. The van der Waals surface area contributed by atoms with Gasteiger partial charge in [0.25, 0.3) is 0 Å². The van der Waals surface area contributed by atoms with Crippen molar-refractivity contribution in [3.05, 3.63) is 22.8 Å². The molecule has 0 saturated heterocycles. The molecule has 106 valence electrons. The molecule has 1 aromatic heterocycles. The maximum atomic E-state index is 6.25. The van der Waals surface area contributed by atoms with Gasteiger partial charge in [0.05, 0.1) is 10.7 Å². The summed E-state index contributed by atoms with van der Waals surface area (Å²) in [7, 11) is 4.08. The Morgan fingerprint density at radius 3 is 2.58 bits per heavy atom. The van der Waals surface area contributed by atoms with Crippen LogP contribution in [0.1, 0.15) is 44.2 Å². The van der Waals surface area contributed by atoms with Gasteiger partial charge >= 0.3 is 0 Å². The number of anilines is 1. The summed E-state index contributed by atoms with van der Waals surface area (Å²) in [5, 5.41) is 3.83. The molecule has 2 rings (SSSR count). The Morgan fingerprint density at radius 1 is 1.26 bits per heavy atom. The number of pyridine rings is 1.